The number of carboxylic acids is 1. The molecule has 2 N–H and O–H groups in total. The first-order chi connectivity index (χ1) is 12.3. The number of benzene rings is 1. The topological polar surface area (TPSA) is 89.7 Å². The van der Waals surface area contributed by atoms with Crippen LogP contribution in [0.4, 0.5) is 4.39 Å². The molecule has 0 aliphatic heterocycles. The molecule has 0 spiro atoms. The summed E-state index contributed by atoms with van der Waals surface area (Å²) in [7, 11) is 0. The molecular formula is C18H19FN3O3S-. The van der Waals surface area contributed by atoms with E-state index in [-0.39, 0.29) is 18.7 Å². The number of hydrazone groups is 1. The molecule has 1 aromatic heterocycles. The second-order valence-corrected chi connectivity index (χ2v) is 6.08. The molecule has 0 unspecified atom stereocenters. The van der Waals surface area contributed by atoms with Crippen LogP contribution in [0.2, 0.25) is 0 Å². The number of carbonyl (C=O) groups excluding carboxylic acids is 1. The van der Waals surface area contributed by atoms with E-state index in [9.17, 15) is 14.3 Å². The lowest BCUT2D eigenvalue weighted by molar-refractivity contribution is -0.305. The number of aryl methyl sites for hydroxylation is 2. The van der Waals surface area contributed by atoms with Crippen molar-refractivity contribution in [2.75, 3.05) is 0 Å². The van der Waals surface area contributed by atoms with E-state index in [1.165, 1.54) is 12.1 Å². The van der Waals surface area contributed by atoms with Gasteiger partial charge in [0.1, 0.15) is 17.3 Å². The normalized spacial score (nSPS) is 11.3. The molecule has 0 amide bonds. The number of hydrogen-bond donors (Lipinski definition) is 2. The zero-order valence-electron chi connectivity index (χ0n) is 14.5. The van der Waals surface area contributed by atoms with Gasteiger partial charge in [-0.1, -0.05) is 12.1 Å². The van der Waals surface area contributed by atoms with Crippen LogP contribution >= 0.6 is 12.2 Å². The molecule has 0 saturated carbocycles. The quantitative estimate of drug-likeness (QED) is 0.435. The van der Waals surface area contributed by atoms with Crippen LogP contribution in [0.1, 0.15) is 36.0 Å². The third-order valence-corrected chi connectivity index (χ3v) is 3.86. The van der Waals surface area contributed by atoms with Gasteiger partial charge in [-0.25, -0.2) is 4.39 Å². The van der Waals surface area contributed by atoms with E-state index in [1.54, 1.807) is 32.0 Å². The maximum Gasteiger partial charge on any atom is 0.187 e. The maximum atomic E-state index is 12.9. The number of carbonyl (C=O) groups is 1. The van der Waals surface area contributed by atoms with Gasteiger partial charge in [0, 0.05) is 24.5 Å². The Morgan fingerprint density at radius 3 is 2.69 bits per heavy atom. The smallest absolute Gasteiger partial charge is 0.187 e. The van der Waals surface area contributed by atoms with Gasteiger partial charge >= 0.3 is 0 Å². The Labute approximate surface area is 156 Å². The van der Waals surface area contributed by atoms with Crippen LogP contribution in [0.5, 0.6) is 0 Å². The van der Waals surface area contributed by atoms with E-state index in [0.29, 0.717) is 28.9 Å². The van der Waals surface area contributed by atoms with Gasteiger partial charge in [0.2, 0.25) is 0 Å². The predicted octanol–water partition coefficient (Wildman–Crippen LogP) is 1.80. The van der Waals surface area contributed by atoms with Gasteiger partial charge in [0.05, 0.1) is 5.71 Å². The Hall–Kier alpha value is -2.74. The highest BCUT2D eigenvalue weighted by Crippen LogP contribution is 2.17. The van der Waals surface area contributed by atoms with Crippen molar-refractivity contribution in [3.8, 4) is 0 Å². The molecule has 8 heteroatoms. The summed E-state index contributed by atoms with van der Waals surface area (Å²) in [6.45, 7) is 4.01. The van der Waals surface area contributed by atoms with Crippen molar-refractivity contribution >= 4 is 29.0 Å². The Balaban J connectivity index is 1.89. The van der Waals surface area contributed by atoms with E-state index < -0.39 is 5.97 Å². The first-order valence-corrected chi connectivity index (χ1v) is 8.38. The highest BCUT2D eigenvalue weighted by molar-refractivity contribution is 7.80. The summed E-state index contributed by atoms with van der Waals surface area (Å²) in [4.78, 5) is 10.5. The molecule has 2 rings (SSSR count). The Bertz CT molecular complexity index is 816. The van der Waals surface area contributed by atoms with Crippen LogP contribution in [0, 0.1) is 12.7 Å². The van der Waals surface area contributed by atoms with E-state index in [2.05, 4.69) is 15.8 Å². The van der Waals surface area contributed by atoms with Crippen molar-refractivity contribution in [1.29, 1.82) is 0 Å². The molecule has 0 fully saturated rings. The third-order valence-electron chi connectivity index (χ3n) is 3.63. The summed E-state index contributed by atoms with van der Waals surface area (Å²) < 4.78 is 18.4. The lowest BCUT2D eigenvalue weighted by Crippen LogP contribution is -2.32. The summed E-state index contributed by atoms with van der Waals surface area (Å²) in [6, 6.07) is 7.86. The number of aliphatic carboxylic acids is 1. The predicted molar refractivity (Wildman–Crippen MR) is 98.0 cm³/mol. The highest BCUT2D eigenvalue weighted by Gasteiger charge is 2.10. The monoisotopic (exact) mass is 376 g/mol. The number of nitrogens with zero attached hydrogens (tertiary/aromatic N) is 1. The second-order valence-electron chi connectivity index (χ2n) is 5.67. The fourth-order valence-electron chi connectivity index (χ4n) is 2.27. The van der Waals surface area contributed by atoms with Gasteiger partial charge in [-0.15, -0.1) is 0 Å². The molecule has 0 bridgehead atoms. The van der Waals surface area contributed by atoms with Crippen molar-refractivity contribution in [1.82, 2.24) is 10.7 Å². The van der Waals surface area contributed by atoms with Crippen LogP contribution in [0.15, 0.2) is 39.9 Å². The zero-order valence-corrected chi connectivity index (χ0v) is 15.3. The number of furan rings is 1. The number of hydrogen-bond acceptors (Lipinski definition) is 5. The summed E-state index contributed by atoms with van der Waals surface area (Å²) >= 11 is 5.16. The fraction of sp³-hybridized carbons (Fsp3) is 0.278. The molecule has 0 saturated heterocycles. The largest absolute Gasteiger partial charge is 0.550 e. The first kappa shape index (κ1) is 19.6. The highest BCUT2D eigenvalue weighted by atomic mass is 32.1. The minimum Gasteiger partial charge on any atom is -0.550 e. The molecule has 0 aliphatic carbocycles. The Morgan fingerprint density at radius 2 is 2.04 bits per heavy atom. The maximum absolute atomic E-state index is 12.9. The third kappa shape index (κ3) is 5.96. The molecule has 0 atom stereocenters. The fourth-order valence-corrected chi connectivity index (χ4v) is 2.39. The minimum atomic E-state index is -1.12. The van der Waals surface area contributed by atoms with Gasteiger partial charge in [0.15, 0.2) is 5.11 Å². The van der Waals surface area contributed by atoms with Crippen molar-refractivity contribution in [2.45, 2.75) is 33.2 Å². The average Bonchev–Trinajstić information content (AvgIpc) is 2.98. The summed E-state index contributed by atoms with van der Waals surface area (Å²) in [5.41, 5.74) is 5.05. The second kappa shape index (κ2) is 9.10. The first-order valence-electron chi connectivity index (χ1n) is 7.97. The van der Waals surface area contributed by atoms with E-state index in [0.717, 1.165) is 11.1 Å². The standard InChI is InChI=1S/C18H20FN3O3S/c1-11(16-9-15(25-12(16)2)7-8-17(23)24)21-22-18(26)20-10-13-3-5-14(19)6-4-13/h3-6,9H,7-8,10H2,1-2H3,(H,23,24)(H2,20,22,26)/p-1/b21-11-. The zero-order chi connectivity index (χ0) is 19.1. The van der Waals surface area contributed by atoms with Crippen LogP contribution in [0.25, 0.3) is 0 Å². The summed E-state index contributed by atoms with van der Waals surface area (Å²) in [6.07, 6.45) is 0.166. The van der Waals surface area contributed by atoms with Crippen molar-refractivity contribution < 1.29 is 18.7 Å². The lowest BCUT2D eigenvalue weighted by atomic mass is 10.1. The Morgan fingerprint density at radius 1 is 1.35 bits per heavy atom. The number of nitrogens with one attached hydrogen (secondary N) is 2. The van der Waals surface area contributed by atoms with Gasteiger partial charge in [-0.05, 0) is 56.2 Å². The van der Waals surface area contributed by atoms with E-state index >= 15 is 0 Å². The van der Waals surface area contributed by atoms with Crippen LogP contribution < -0.4 is 15.8 Å². The van der Waals surface area contributed by atoms with Crippen LogP contribution in [0.3, 0.4) is 0 Å². The molecule has 6 nitrogen and oxygen atoms in total. The Kier molecular flexibility index (Phi) is 6.85. The number of halogens is 1. The molecular weight excluding hydrogens is 357 g/mol. The molecule has 138 valence electrons. The molecule has 0 radical (unpaired) electrons. The van der Waals surface area contributed by atoms with Crippen molar-refractivity contribution in [2.24, 2.45) is 5.10 Å². The average molecular weight is 376 g/mol. The van der Waals surface area contributed by atoms with Crippen molar-refractivity contribution in [3.05, 3.63) is 58.8 Å². The van der Waals surface area contributed by atoms with Gasteiger partial charge in [-0.2, -0.15) is 5.10 Å². The number of rotatable bonds is 7. The van der Waals surface area contributed by atoms with Crippen molar-refractivity contribution in [3.63, 3.8) is 0 Å². The molecule has 1 aromatic carbocycles. The lowest BCUT2D eigenvalue weighted by Gasteiger charge is -2.08. The molecule has 2 aromatic rings. The molecule has 1 heterocycles. The van der Waals surface area contributed by atoms with Gasteiger partial charge in [-0.3, -0.25) is 5.43 Å². The number of thiocarbonyl (C=S) groups is 1. The van der Waals surface area contributed by atoms with Crippen LogP contribution in [-0.2, 0) is 17.8 Å². The minimum absolute atomic E-state index is 0.0990. The molecule has 0 aliphatic rings. The number of carboxylic acid groups (broad SMARTS) is 1. The summed E-state index contributed by atoms with van der Waals surface area (Å²) in [5, 5.41) is 18.0. The van der Waals surface area contributed by atoms with E-state index in [1.807, 2.05) is 0 Å². The molecule has 26 heavy (non-hydrogen) atoms. The van der Waals surface area contributed by atoms with Gasteiger partial charge in [0.25, 0.3) is 0 Å². The summed E-state index contributed by atoms with van der Waals surface area (Å²) in [5.74, 6) is -0.200. The van der Waals surface area contributed by atoms with Gasteiger partial charge < -0.3 is 19.6 Å². The van der Waals surface area contributed by atoms with Crippen LogP contribution in [-0.4, -0.2) is 16.8 Å². The SMILES string of the molecule is C/C(=N/NC(=S)NCc1ccc(F)cc1)c1cc(CCC(=O)[O-])oc1C. The van der Waals surface area contributed by atoms with E-state index in [4.69, 9.17) is 16.6 Å².